The van der Waals surface area contributed by atoms with Gasteiger partial charge in [-0.15, -0.1) is 4.99 Å². The number of Topliss-reactive ketones (excluding diaryl/α,β-unsaturated/α-hetero) is 1. The summed E-state index contributed by atoms with van der Waals surface area (Å²) in [6, 6.07) is 12.1. The van der Waals surface area contributed by atoms with Crippen molar-refractivity contribution in [2.24, 2.45) is 16.8 Å². The highest BCUT2D eigenvalue weighted by Crippen LogP contribution is 2.31. The first-order chi connectivity index (χ1) is 18.9. The SMILES string of the molecule is COc1cc(C[C@@H](CC2=C[CH+]N=C2)C(=O)C[C@@H](O)[C@@H](Cc2cc[n-]c2)Cc2ccc(O)c(OC)c2)ccc1O. The Bertz CT molecular complexity index is 1310. The fraction of sp³-hybridized carbons (Fsp3) is 0.323. The summed E-state index contributed by atoms with van der Waals surface area (Å²) in [5.74, 6) is 0.0843. The highest BCUT2D eigenvalue weighted by Gasteiger charge is 2.30. The number of nitrogens with zero attached hydrogens (tertiary/aromatic N) is 2. The van der Waals surface area contributed by atoms with Gasteiger partial charge in [0.15, 0.2) is 29.2 Å². The minimum absolute atomic E-state index is 0.0119. The Morgan fingerprint density at radius 2 is 1.56 bits per heavy atom. The molecule has 0 saturated carbocycles. The van der Waals surface area contributed by atoms with Gasteiger partial charge in [0.05, 0.1) is 26.4 Å². The number of aliphatic hydroxyl groups is 1. The van der Waals surface area contributed by atoms with Crippen LogP contribution in [0.2, 0.25) is 0 Å². The van der Waals surface area contributed by atoms with Crippen molar-refractivity contribution in [2.75, 3.05) is 14.2 Å². The van der Waals surface area contributed by atoms with Crippen LogP contribution < -0.4 is 14.5 Å². The van der Waals surface area contributed by atoms with E-state index in [2.05, 4.69) is 9.98 Å². The molecule has 2 aromatic carbocycles. The zero-order valence-corrected chi connectivity index (χ0v) is 22.2. The molecule has 4 rings (SSSR count). The van der Waals surface area contributed by atoms with Crippen LogP contribution in [0.5, 0.6) is 23.0 Å². The summed E-state index contributed by atoms with van der Waals surface area (Å²) in [6.45, 7) is 1.70. The molecule has 0 bridgehead atoms. The van der Waals surface area contributed by atoms with Crippen LogP contribution >= 0.6 is 0 Å². The van der Waals surface area contributed by atoms with Crippen LogP contribution in [0.3, 0.4) is 0 Å². The van der Waals surface area contributed by atoms with Gasteiger partial charge in [-0.25, -0.2) is 0 Å². The molecule has 3 atom stereocenters. The zero-order chi connectivity index (χ0) is 27.8. The van der Waals surface area contributed by atoms with Crippen molar-refractivity contribution in [3.63, 3.8) is 0 Å². The van der Waals surface area contributed by atoms with Gasteiger partial charge < -0.3 is 29.8 Å². The largest absolute Gasteiger partial charge is 0.670 e. The first kappa shape index (κ1) is 27.9. The summed E-state index contributed by atoms with van der Waals surface area (Å²) in [5, 5.41) is 31.4. The predicted octanol–water partition coefficient (Wildman–Crippen LogP) is 4.22. The lowest BCUT2D eigenvalue weighted by Gasteiger charge is -2.25. The van der Waals surface area contributed by atoms with E-state index in [0.717, 1.165) is 22.3 Å². The minimum Gasteiger partial charge on any atom is -0.670 e. The maximum atomic E-state index is 13.7. The zero-order valence-electron chi connectivity index (χ0n) is 22.2. The second-order valence-electron chi connectivity index (χ2n) is 9.86. The van der Waals surface area contributed by atoms with Crippen LogP contribution in [0.25, 0.3) is 0 Å². The van der Waals surface area contributed by atoms with Gasteiger partial charge in [0.1, 0.15) is 17.9 Å². The molecule has 0 spiro atoms. The molecular weight excluding hydrogens is 496 g/mol. The number of ketones is 1. The van der Waals surface area contributed by atoms with Gasteiger partial charge in [0.25, 0.3) is 0 Å². The number of aromatic nitrogens is 1. The van der Waals surface area contributed by atoms with Crippen LogP contribution in [0.1, 0.15) is 29.5 Å². The Kier molecular flexibility index (Phi) is 9.33. The van der Waals surface area contributed by atoms with E-state index in [4.69, 9.17) is 9.47 Å². The third kappa shape index (κ3) is 7.45. The van der Waals surface area contributed by atoms with Gasteiger partial charge >= 0.3 is 0 Å². The van der Waals surface area contributed by atoms with Crippen molar-refractivity contribution in [3.8, 4) is 23.0 Å². The van der Waals surface area contributed by atoms with Gasteiger partial charge in [0, 0.05) is 18.8 Å². The number of methoxy groups -OCH3 is 2. The van der Waals surface area contributed by atoms with E-state index in [1.54, 1.807) is 61.6 Å². The first-order valence-electron chi connectivity index (χ1n) is 12.9. The summed E-state index contributed by atoms with van der Waals surface area (Å²) >= 11 is 0. The number of carbonyl (C=O) groups excluding carboxylic acids is 1. The van der Waals surface area contributed by atoms with E-state index in [-0.39, 0.29) is 29.6 Å². The standard InChI is InChI=1S/C31H34N2O6/c1-38-30-15-20(3-5-26(30)34)11-24(13-22-7-9-32-18-22)28(36)17-29(37)25(14-23-8-10-33-19-23)12-21-4-6-27(35)31(16-21)39-2/h3-10,15-16,18-19,24-25,28,34-36H,11-14,17H2,1-2H3/t24-,25+,28-/m1/s1. The van der Waals surface area contributed by atoms with Crippen molar-refractivity contribution >= 4 is 12.0 Å². The molecule has 0 amide bonds. The average molecular weight is 531 g/mol. The molecule has 3 N–H and O–H groups in total. The summed E-state index contributed by atoms with van der Waals surface area (Å²) in [5.41, 5.74) is 3.67. The molecule has 8 heteroatoms. The molecule has 3 aromatic rings. The number of hydrogen-bond acceptors (Lipinski definition) is 7. The molecule has 39 heavy (non-hydrogen) atoms. The Hall–Kier alpha value is -4.17. The third-order valence-electron chi connectivity index (χ3n) is 7.09. The molecule has 1 aliphatic heterocycles. The molecule has 0 aliphatic carbocycles. The van der Waals surface area contributed by atoms with Crippen molar-refractivity contribution in [1.82, 2.24) is 4.98 Å². The van der Waals surface area contributed by atoms with Gasteiger partial charge in [-0.3, -0.25) is 4.79 Å². The average Bonchev–Trinajstić information content (AvgIpc) is 3.64. The highest BCUT2D eigenvalue weighted by molar-refractivity contribution is 5.86. The van der Waals surface area contributed by atoms with Gasteiger partial charge in [-0.05, 0) is 60.6 Å². The van der Waals surface area contributed by atoms with E-state index in [9.17, 15) is 20.1 Å². The number of ether oxygens (including phenoxy) is 2. The summed E-state index contributed by atoms with van der Waals surface area (Å²) in [7, 11) is 2.98. The molecule has 2 heterocycles. The summed E-state index contributed by atoms with van der Waals surface area (Å²) in [4.78, 5) is 22.0. The number of allylic oxidation sites excluding steroid dienone is 1. The molecule has 8 nitrogen and oxygen atoms in total. The number of carbonyl (C=O) groups is 1. The van der Waals surface area contributed by atoms with Crippen LogP contribution in [0, 0.1) is 18.4 Å². The molecule has 0 radical (unpaired) electrons. The maximum absolute atomic E-state index is 13.7. The molecular formula is C31H34N2O6. The second kappa shape index (κ2) is 13.1. The lowest BCUT2D eigenvalue weighted by atomic mass is 9.82. The fourth-order valence-corrected chi connectivity index (χ4v) is 4.94. The molecule has 1 aliphatic rings. The lowest BCUT2D eigenvalue weighted by molar-refractivity contribution is -0.125. The molecule has 0 fully saturated rings. The second-order valence-corrected chi connectivity index (χ2v) is 9.86. The van der Waals surface area contributed by atoms with Crippen LogP contribution in [0.4, 0.5) is 0 Å². The molecule has 1 aromatic heterocycles. The molecule has 204 valence electrons. The number of phenolic OH excluding ortho intramolecular Hbond substituents is 2. The number of aliphatic hydroxyl groups excluding tert-OH is 1. The fourth-order valence-electron chi connectivity index (χ4n) is 4.94. The highest BCUT2D eigenvalue weighted by atomic mass is 16.5. The van der Waals surface area contributed by atoms with Crippen LogP contribution in [-0.2, 0) is 24.1 Å². The van der Waals surface area contributed by atoms with Gasteiger partial charge in [0.2, 0.25) is 0 Å². The third-order valence-corrected chi connectivity index (χ3v) is 7.09. The van der Waals surface area contributed by atoms with Crippen LogP contribution in [-0.4, -0.2) is 47.6 Å². The Morgan fingerprint density at radius 3 is 2.13 bits per heavy atom. The van der Waals surface area contributed by atoms with Gasteiger partial charge in [-0.1, -0.05) is 23.8 Å². The monoisotopic (exact) mass is 530 g/mol. The number of rotatable bonds is 14. The Morgan fingerprint density at radius 1 is 0.923 bits per heavy atom. The van der Waals surface area contributed by atoms with E-state index in [1.165, 1.54) is 14.2 Å². The number of hydrogen-bond donors (Lipinski definition) is 3. The normalized spacial score (nSPS) is 14.8. The van der Waals surface area contributed by atoms with E-state index in [1.807, 2.05) is 12.1 Å². The van der Waals surface area contributed by atoms with Crippen LogP contribution in [0.15, 0.2) is 71.5 Å². The van der Waals surface area contributed by atoms with E-state index in [0.29, 0.717) is 37.2 Å². The maximum Gasteiger partial charge on any atom is 0.176 e. The predicted molar refractivity (Wildman–Crippen MR) is 148 cm³/mol. The Labute approximate surface area is 228 Å². The number of aromatic hydroxyl groups is 2. The smallest absolute Gasteiger partial charge is 0.176 e. The summed E-state index contributed by atoms with van der Waals surface area (Å²) in [6.07, 6.45) is 8.15. The quantitative estimate of drug-likeness (QED) is 0.267. The number of aliphatic imine (C=N–C) groups is 1. The van der Waals surface area contributed by atoms with Crippen molar-refractivity contribution in [2.45, 2.75) is 38.2 Å². The van der Waals surface area contributed by atoms with Crippen molar-refractivity contribution in [1.29, 1.82) is 0 Å². The lowest BCUT2D eigenvalue weighted by Crippen LogP contribution is -2.30. The van der Waals surface area contributed by atoms with Crippen molar-refractivity contribution in [3.05, 3.63) is 89.7 Å². The van der Waals surface area contributed by atoms with Crippen molar-refractivity contribution < 1.29 is 29.6 Å². The molecule has 0 saturated heterocycles. The minimum atomic E-state index is -0.901. The molecule has 0 unspecified atom stereocenters. The van der Waals surface area contributed by atoms with E-state index >= 15 is 0 Å². The summed E-state index contributed by atoms with van der Waals surface area (Å²) < 4.78 is 10.5. The van der Waals surface area contributed by atoms with Gasteiger partial charge in [-0.2, -0.15) is 12.4 Å². The number of benzene rings is 2. The topological polar surface area (TPSA) is 123 Å². The van der Waals surface area contributed by atoms with E-state index < -0.39 is 12.0 Å². The first-order valence-corrected chi connectivity index (χ1v) is 12.9. The Balaban J connectivity index is 1.53. The number of phenols is 2.